The molecule has 0 nitrogen and oxygen atoms in total. The Morgan fingerprint density at radius 1 is 1.58 bits per heavy atom. The van der Waals surface area contributed by atoms with Gasteiger partial charge in [0.2, 0.25) is 0 Å². The van der Waals surface area contributed by atoms with E-state index in [2.05, 4.69) is 39.5 Å². The minimum absolute atomic E-state index is 0.687. The van der Waals surface area contributed by atoms with Crippen LogP contribution >= 0.6 is 0 Å². The summed E-state index contributed by atoms with van der Waals surface area (Å²) in [6, 6.07) is 0. The van der Waals surface area contributed by atoms with Crippen LogP contribution in [0.3, 0.4) is 0 Å². The van der Waals surface area contributed by atoms with Crippen molar-refractivity contribution >= 4 is 20.1 Å². The molecule has 0 aliphatic carbocycles. The molecule has 0 aromatic carbocycles. The molecule has 0 aromatic rings. The molecule has 1 aliphatic rings. The van der Waals surface area contributed by atoms with E-state index in [1.165, 1.54) is 23.8 Å². The van der Waals surface area contributed by atoms with Crippen LogP contribution in [0, 0.1) is 5.92 Å². The Balaban J connectivity index is 2.65. The molecule has 62 valence electrons. The van der Waals surface area contributed by atoms with Crippen LogP contribution in [-0.4, -0.2) is 20.1 Å². The van der Waals surface area contributed by atoms with Gasteiger partial charge in [-0.3, -0.25) is 0 Å². The molecule has 0 amide bonds. The van der Waals surface area contributed by atoms with Crippen molar-refractivity contribution in [2.24, 2.45) is 5.92 Å². The van der Waals surface area contributed by atoms with Crippen LogP contribution in [-0.2, 0) is 0 Å². The maximum atomic E-state index is 4.08. The van der Waals surface area contributed by atoms with E-state index in [9.17, 15) is 0 Å². The predicted molar refractivity (Wildman–Crippen MR) is 60.6 cm³/mol. The zero-order valence-electron chi connectivity index (χ0n) is 8.14. The summed E-state index contributed by atoms with van der Waals surface area (Å²) < 4.78 is 0. The van der Waals surface area contributed by atoms with Crippen molar-refractivity contribution in [2.45, 2.75) is 26.7 Å². The average molecular weight is 158 g/mol. The molecule has 0 fully saturated rings. The van der Waals surface area contributed by atoms with Gasteiger partial charge in [-0.15, -0.1) is 0 Å². The molecule has 12 heavy (non-hydrogen) atoms. The van der Waals surface area contributed by atoms with Crippen molar-refractivity contribution in [1.82, 2.24) is 0 Å². The van der Waals surface area contributed by atoms with Crippen LogP contribution in [0.5, 0.6) is 0 Å². The summed E-state index contributed by atoms with van der Waals surface area (Å²) in [5.74, 6) is 2.86. The van der Waals surface area contributed by atoms with Crippen molar-refractivity contribution in [1.29, 1.82) is 0 Å². The Morgan fingerprint density at radius 3 is 2.92 bits per heavy atom. The molecule has 1 aliphatic heterocycles. The quantitative estimate of drug-likeness (QED) is 0.543. The van der Waals surface area contributed by atoms with Gasteiger partial charge in [0.1, 0.15) is 0 Å². The van der Waals surface area contributed by atoms with Crippen LogP contribution < -0.4 is 0 Å². The Kier molecular flexibility index (Phi) is 3.58. The second-order valence-corrected chi connectivity index (χ2v) is 3.55. The summed E-state index contributed by atoms with van der Waals surface area (Å²) in [6.07, 6.45) is 6.90. The Labute approximate surface area is 77.1 Å². The fourth-order valence-electron chi connectivity index (χ4n) is 1.72. The summed E-state index contributed by atoms with van der Waals surface area (Å²) in [7, 11) is 5.12. The fourth-order valence-corrected chi connectivity index (χ4v) is 1.72. The van der Waals surface area contributed by atoms with Gasteiger partial charge in [-0.2, -0.15) is 0 Å². The van der Waals surface area contributed by atoms with Crippen molar-refractivity contribution in [2.75, 3.05) is 0 Å². The van der Waals surface area contributed by atoms with Gasteiger partial charge in [0, 0.05) is 0 Å². The van der Waals surface area contributed by atoms with Gasteiger partial charge in [-0.1, -0.05) is 0 Å². The molecule has 0 saturated carbocycles. The molecule has 1 heterocycles. The Hall–Kier alpha value is -0.520. The van der Waals surface area contributed by atoms with Gasteiger partial charge in [-0.25, -0.2) is 0 Å². The fraction of sp³-hybridized carbons (Fsp3) is 0.500. The zero-order valence-corrected chi connectivity index (χ0v) is 8.14. The molecule has 1 rings (SSSR count). The first-order valence-corrected chi connectivity index (χ1v) is 4.80. The molecule has 0 spiro atoms. The topological polar surface area (TPSA) is 0 Å². The summed E-state index contributed by atoms with van der Waals surface area (Å²) in [5.41, 5.74) is 1.46. The van der Waals surface area contributed by atoms with Crippen LogP contribution in [0.25, 0.3) is 0 Å². The summed E-state index contributed by atoms with van der Waals surface area (Å²) in [6.45, 7) is 4.53. The summed E-state index contributed by atoms with van der Waals surface area (Å²) in [4.78, 5) is 0. The number of rotatable bonds is 3. The number of hydrogen-bond donors (Lipinski definition) is 0. The van der Waals surface area contributed by atoms with E-state index < -0.39 is 0 Å². The Morgan fingerprint density at radius 2 is 2.33 bits per heavy atom. The van der Waals surface area contributed by atoms with Gasteiger partial charge >= 0.3 is 76.4 Å². The first kappa shape index (κ1) is 9.57. The first-order chi connectivity index (χ1) is 5.75. The van der Waals surface area contributed by atoms with E-state index in [4.69, 9.17) is 0 Å². The SMILES string of the molecule is B=C1BC=CC=C1C(C)CCC. The molecule has 0 N–H and O–H groups in total. The molecule has 1 unspecified atom stereocenters. The standard InChI is InChI=1S/C10H16B2/c1-3-5-8(2)9-6-4-7-12-10(9)11/h4,6-8,11-12H,3,5H2,1-2H3. The van der Waals surface area contributed by atoms with E-state index in [-0.39, 0.29) is 0 Å². The van der Waals surface area contributed by atoms with Crippen LogP contribution in [0.2, 0.25) is 0 Å². The number of allylic oxidation sites excluding steroid dienone is 3. The third-order valence-electron chi connectivity index (χ3n) is 2.44. The normalized spacial score (nSPS) is 18.4. The second-order valence-electron chi connectivity index (χ2n) is 3.55. The molecule has 0 aromatic heterocycles. The van der Waals surface area contributed by atoms with E-state index in [1.54, 1.807) is 0 Å². The summed E-state index contributed by atoms with van der Waals surface area (Å²) in [5, 5.41) is 1.30. The van der Waals surface area contributed by atoms with E-state index in [1.807, 2.05) is 0 Å². The van der Waals surface area contributed by atoms with E-state index >= 15 is 0 Å². The van der Waals surface area contributed by atoms with Crippen LogP contribution in [0.1, 0.15) is 26.7 Å². The van der Waals surface area contributed by atoms with Crippen molar-refractivity contribution < 1.29 is 0 Å². The third kappa shape index (κ3) is 2.23. The monoisotopic (exact) mass is 158 g/mol. The molecule has 0 bridgehead atoms. The maximum absolute atomic E-state index is 4.08. The van der Waals surface area contributed by atoms with Crippen LogP contribution in [0.15, 0.2) is 23.7 Å². The number of hydrogen-bond acceptors (Lipinski definition) is 0. The van der Waals surface area contributed by atoms with Gasteiger partial charge in [0.15, 0.2) is 0 Å². The third-order valence-corrected chi connectivity index (χ3v) is 2.44. The molecular formula is C10H16B2. The molecule has 1 atom stereocenters. The second kappa shape index (κ2) is 4.49. The van der Waals surface area contributed by atoms with Crippen LogP contribution in [0.4, 0.5) is 0 Å². The Bertz CT molecular complexity index is 226. The zero-order chi connectivity index (χ0) is 8.97. The van der Waals surface area contributed by atoms with Crippen molar-refractivity contribution in [3.05, 3.63) is 23.7 Å². The van der Waals surface area contributed by atoms with Gasteiger partial charge in [-0.05, 0) is 0 Å². The minimum atomic E-state index is 0.687. The van der Waals surface area contributed by atoms with Gasteiger partial charge < -0.3 is 0 Å². The van der Waals surface area contributed by atoms with Crippen molar-refractivity contribution in [3.8, 4) is 0 Å². The van der Waals surface area contributed by atoms with E-state index in [0.29, 0.717) is 5.92 Å². The van der Waals surface area contributed by atoms with Gasteiger partial charge in [0.05, 0.1) is 0 Å². The summed E-state index contributed by atoms with van der Waals surface area (Å²) >= 11 is 0. The van der Waals surface area contributed by atoms with E-state index in [0.717, 1.165) is 7.28 Å². The average Bonchev–Trinajstić information content (AvgIpc) is 2.05. The molecular weight excluding hydrogens is 142 g/mol. The van der Waals surface area contributed by atoms with Crippen molar-refractivity contribution in [3.63, 3.8) is 0 Å². The molecule has 2 heteroatoms. The predicted octanol–water partition coefficient (Wildman–Crippen LogP) is 1.34. The molecule has 0 saturated heterocycles. The first-order valence-electron chi connectivity index (χ1n) is 4.80. The molecule has 0 radical (unpaired) electrons. The van der Waals surface area contributed by atoms with Gasteiger partial charge in [0.25, 0.3) is 0 Å².